The van der Waals surface area contributed by atoms with Crippen molar-refractivity contribution in [3.63, 3.8) is 0 Å². The Labute approximate surface area is 193 Å². The molecule has 1 aliphatic rings. The molecule has 1 saturated heterocycles. The molecule has 0 spiro atoms. The third-order valence-corrected chi connectivity index (χ3v) is 5.32. The molecule has 2 aromatic carbocycles. The van der Waals surface area contributed by atoms with Gasteiger partial charge >= 0.3 is 0 Å². The molecule has 32 heavy (non-hydrogen) atoms. The summed E-state index contributed by atoms with van der Waals surface area (Å²) in [4.78, 5) is 27.0. The van der Waals surface area contributed by atoms with Crippen LogP contribution in [0.25, 0.3) is 11.3 Å². The Morgan fingerprint density at radius 3 is 2.53 bits per heavy atom. The number of amides is 1. The summed E-state index contributed by atoms with van der Waals surface area (Å²) in [6, 6.07) is 17.4. The van der Waals surface area contributed by atoms with Gasteiger partial charge in [0.15, 0.2) is 0 Å². The van der Waals surface area contributed by atoms with Crippen LogP contribution in [0.4, 0.5) is 0 Å². The Morgan fingerprint density at radius 1 is 1.12 bits per heavy atom. The highest BCUT2D eigenvalue weighted by Crippen LogP contribution is 2.31. The molecule has 0 aliphatic carbocycles. The number of benzene rings is 2. The van der Waals surface area contributed by atoms with Crippen molar-refractivity contribution >= 4 is 17.5 Å². The SMILES string of the molecule is CCC.COc1cc(Cl)ccc1-c1ccc(=O)n(C2CCN(C(=O)c3ccccc3)C2)n1. The van der Waals surface area contributed by atoms with Crippen LogP contribution in [-0.4, -0.2) is 40.8 Å². The third kappa shape index (κ3) is 5.37. The zero-order valence-corrected chi connectivity index (χ0v) is 19.4. The van der Waals surface area contributed by atoms with Crippen molar-refractivity contribution in [2.75, 3.05) is 20.2 Å². The van der Waals surface area contributed by atoms with Gasteiger partial charge in [-0.3, -0.25) is 9.59 Å². The molecule has 1 atom stereocenters. The first kappa shape index (κ1) is 23.5. The van der Waals surface area contributed by atoms with Gasteiger partial charge < -0.3 is 9.64 Å². The molecule has 6 nitrogen and oxygen atoms in total. The second-order valence-electron chi connectivity index (χ2n) is 7.61. The van der Waals surface area contributed by atoms with Crippen molar-refractivity contribution in [1.82, 2.24) is 14.7 Å². The predicted octanol–water partition coefficient (Wildman–Crippen LogP) is 5.08. The summed E-state index contributed by atoms with van der Waals surface area (Å²) >= 11 is 6.05. The summed E-state index contributed by atoms with van der Waals surface area (Å²) in [6.45, 7) is 5.28. The number of aromatic nitrogens is 2. The van der Waals surface area contributed by atoms with Crippen LogP contribution in [0.5, 0.6) is 5.75 Å². The van der Waals surface area contributed by atoms with Crippen molar-refractivity contribution in [3.8, 4) is 17.0 Å². The number of nitrogens with zero attached hydrogens (tertiary/aromatic N) is 3. The van der Waals surface area contributed by atoms with Crippen molar-refractivity contribution in [3.05, 3.63) is 81.6 Å². The van der Waals surface area contributed by atoms with Gasteiger partial charge in [0.25, 0.3) is 11.5 Å². The van der Waals surface area contributed by atoms with E-state index in [9.17, 15) is 9.59 Å². The Bertz CT molecular complexity index is 1110. The normalized spacial score (nSPS) is 15.1. The van der Waals surface area contributed by atoms with Crippen LogP contribution in [0.3, 0.4) is 0 Å². The summed E-state index contributed by atoms with van der Waals surface area (Å²) in [5, 5.41) is 5.13. The highest BCUT2D eigenvalue weighted by atomic mass is 35.5. The van der Waals surface area contributed by atoms with Crippen LogP contribution in [0.15, 0.2) is 65.5 Å². The lowest BCUT2D eigenvalue weighted by Gasteiger charge is -2.18. The van der Waals surface area contributed by atoms with Gasteiger partial charge in [0, 0.05) is 35.3 Å². The standard InChI is InChI=1S/C22H20ClN3O3.C3H8/c1-29-20-13-16(23)7-8-18(20)19-9-10-21(27)26(24-19)17-11-12-25(14-17)22(28)15-5-3-2-4-6-15;1-3-2/h2-10,13,17H,11-12,14H2,1H3;3H2,1-2H3. The molecule has 1 aliphatic heterocycles. The molecule has 1 unspecified atom stereocenters. The summed E-state index contributed by atoms with van der Waals surface area (Å²) in [7, 11) is 1.56. The van der Waals surface area contributed by atoms with Gasteiger partial charge in [0.1, 0.15) is 5.75 Å². The van der Waals surface area contributed by atoms with E-state index in [0.717, 1.165) is 5.56 Å². The molecule has 2 heterocycles. The van der Waals surface area contributed by atoms with Crippen LogP contribution >= 0.6 is 11.6 Å². The fraction of sp³-hybridized carbons (Fsp3) is 0.320. The lowest BCUT2D eigenvalue weighted by atomic mass is 10.1. The average molecular weight is 454 g/mol. The maximum atomic E-state index is 12.7. The number of methoxy groups -OCH3 is 1. The molecule has 3 aromatic rings. The number of likely N-dealkylation sites (tertiary alicyclic amines) is 1. The Morgan fingerprint density at radius 2 is 1.84 bits per heavy atom. The maximum absolute atomic E-state index is 12.7. The highest BCUT2D eigenvalue weighted by molar-refractivity contribution is 6.30. The summed E-state index contributed by atoms with van der Waals surface area (Å²) in [5.74, 6) is 0.555. The number of carbonyl (C=O) groups excluding carboxylic acids is 1. The van der Waals surface area contributed by atoms with E-state index in [-0.39, 0.29) is 17.5 Å². The zero-order chi connectivity index (χ0) is 23.1. The van der Waals surface area contributed by atoms with E-state index in [1.165, 1.54) is 17.2 Å². The van der Waals surface area contributed by atoms with Gasteiger partial charge in [0.2, 0.25) is 0 Å². The Hall–Kier alpha value is -3.12. The first-order chi connectivity index (χ1) is 15.5. The van der Waals surface area contributed by atoms with Crippen LogP contribution in [0.1, 0.15) is 43.1 Å². The van der Waals surface area contributed by atoms with E-state index in [4.69, 9.17) is 16.3 Å². The number of halogens is 1. The first-order valence-corrected chi connectivity index (χ1v) is 11.1. The summed E-state index contributed by atoms with van der Waals surface area (Å²) < 4.78 is 6.88. The fourth-order valence-corrected chi connectivity index (χ4v) is 3.76. The van der Waals surface area contributed by atoms with Gasteiger partial charge in [-0.1, -0.05) is 50.1 Å². The molecule has 0 bridgehead atoms. The predicted molar refractivity (Wildman–Crippen MR) is 127 cm³/mol. The molecule has 1 aromatic heterocycles. The highest BCUT2D eigenvalue weighted by Gasteiger charge is 2.29. The van der Waals surface area contributed by atoms with Gasteiger partial charge in [-0.2, -0.15) is 5.10 Å². The molecular formula is C25H28ClN3O3. The molecular weight excluding hydrogens is 426 g/mol. The molecule has 1 fully saturated rings. The Kier molecular flexibility index (Phi) is 8.06. The molecule has 1 amide bonds. The van der Waals surface area contributed by atoms with Gasteiger partial charge in [-0.25, -0.2) is 4.68 Å². The smallest absolute Gasteiger partial charge is 0.267 e. The van der Waals surface area contributed by atoms with Gasteiger partial charge in [0.05, 0.1) is 18.8 Å². The molecule has 0 N–H and O–H groups in total. The van der Waals surface area contributed by atoms with E-state index in [2.05, 4.69) is 18.9 Å². The zero-order valence-electron chi connectivity index (χ0n) is 18.6. The van der Waals surface area contributed by atoms with E-state index in [1.807, 2.05) is 24.3 Å². The first-order valence-electron chi connectivity index (χ1n) is 10.8. The minimum absolute atomic E-state index is 0.0309. The minimum atomic E-state index is -0.194. The topological polar surface area (TPSA) is 64.4 Å². The molecule has 0 saturated carbocycles. The van der Waals surface area contributed by atoms with Crippen LogP contribution in [0, 0.1) is 0 Å². The number of hydrogen-bond donors (Lipinski definition) is 0. The van der Waals surface area contributed by atoms with Crippen molar-refractivity contribution in [1.29, 1.82) is 0 Å². The van der Waals surface area contributed by atoms with Crippen molar-refractivity contribution < 1.29 is 9.53 Å². The second-order valence-corrected chi connectivity index (χ2v) is 8.05. The number of hydrogen-bond acceptors (Lipinski definition) is 4. The van der Waals surface area contributed by atoms with Crippen LogP contribution in [0.2, 0.25) is 5.02 Å². The number of ether oxygens (including phenoxy) is 1. The van der Waals surface area contributed by atoms with Crippen molar-refractivity contribution in [2.24, 2.45) is 0 Å². The Balaban J connectivity index is 0.000000913. The number of rotatable bonds is 4. The molecule has 168 valence electrons. The monoisotopic (exact) mass is 453 g/mol. The van der Waals surface area contributed by atoms with Crippen LogP contribution in [-0.2, 0) is 0 Å². The quantitative estimate of drug-likeness (QED) is 0.552. The molecule has 0 radical (unpaired) electrons. The minimum Gasteiger partial charge on any atom is -0.496 e. The largest absolute Gasteiger partial charge is 0.496 e. The fourth-order valence-electron chi connectivity index (χ4n) is 3.60. The van der Waals surface area contributed by atoms with Crippen molar-refractivity contribution in [2.45, 2.75) is 32.7 Å². The van der Waals surface area contributed by atoms with E-state index in [1.54, 1.807) is 42.3 Å². The third-order valence-electron chi connectivity index (χ3n) is 5.08. The van der Waals surface area contributed by atoms with E-state index < -0.39 is 0 Å². The summed E-state index contributed by atoms with van der Waals surface area (Å²) in [5.41, 5.74) is 1.82. The molecule has 4 rings (SSSR count). The van der Waals surface area contributed by atoms with Gasteiger partial charge in [-0.15, -0.1) is 0 Å². The molecule has 7 heteroatoms. The maximum Gasteiger partial charge on any atom is 0.267 e. The van der Waals surface area contributed by atoms with E-state index >= 15 is 0 Å². The number of carbonyl (C=O) groups is 1. The lowest BCUT2D eigenvalue weighted by molar-refractivity contribution is 0.0786. The average Bonchev–Trinajstić information content (AvgIpc) is 3.30. The van der Waals surface area contributed by atoms with Crippen LogP contribution < -0.4 is 10.3 Å². The lowest BCUT2D eigenvalue weighted by Crippen LogP contribution is -2.32. The second kappa shape index (κ2) is 11.0. The summed E-state index contributed by atoms with van der Waals surface area (Å²) in [6.07, 6.45) is 1.92. The van der Waals surface area contributed by atoms with E-state index in [0.29, 0.717) is 41.5 Å². The van der Waals surface area contributed by atoms with Gasteiger partial charge in [-0.05, 0) is 42.8 Å².